The van der Waals surface area contributed by atoms with Crippen LogP contribution in [-0.2, 0) is 11.2 Å². The molecule has 7 heteroatoms. The van der Waals surface area contributed by atoms with Crippen molar-refractivity contribution in [1.82, 2.24) is 15.1 Å². The molecule has 0 radical (unpaired) electrons. The van der Waals surface area contributed by atoms with Gasteiger partial charge in [-0.05, 0) is 31.5 Å². The minimum absolute atomic E-state index is 0.0869. The highest BCUT2D eigenvalue weighted by atomic mass is 35.5. The fourth-order valence-corrected chi connectivity index (χ4v) is 4.12. The third-order valence-corrected chi connectivity index (χ3v) is 6.17. The van der Waals surface area contributed by atoms with Crippen molar-refractivity contribution in [3.63, 3.8) is 0 Å². The molecular weight excluding hydrogens is 382 g/mol. The Labute approximate surface area is 168 Å². The molecule has 0 saturated carbocycles. The summed E-state index contributed by atoms with van der Waals surface area (Å²) in [5, 5.41) is 3.00. The van der Waals surface area contributed by atoms with Gasteiger partial charge in [-0.3, -0.25) is 4.79 Å². The number of nitrogens with zero attached hydrogens (tertiary/aromatic N) is 2. The van der Waals surface area contributed by atoms with Crippen molar-refractivity contribution in [3.05, 3.63) is 56.7 Å². The molecule has 144 valence electrons. The van der Waals surface area contributed by atoms with E-state index in [9.17, 15) is 9.59 Å². The molecule has 5 nitrogen and oxygen atoms in total. The van der Waals surface area contributed by atoms with Gasteiger partial charge in [0.25, 0.3) is 0 Å². The first-order chi connectivity index (χ1) is 12.9. The number of thiophene rings is 1. The molecule has 0 aliphatic carbocycles. The van der Waals surface area contributed by atoms with E-state index in [1.165, 1.54) is 16.9 Å². The summed E-state index contributed by atoms with van der Waals surface area (Å²) in [6.45, 7) is 6.20. The number of urea groups is 1. The van der Waals surface area contributed by atoms with Gasteiger partial charge in [0.05, 0.1) is 16.8 Å². The molecule has 3 amide bonds. The van der Waals surface area contributed by atoms with Crippen LogP contribution >= 0.6 is 22.9 Å². The molecule has 2 heterocycles. The molecule has 1 aromatic carbocycles. The van der Waals surface area contributed by atoms with Crippen molar-refractivity contribution >= 4 is 34.9 Å². The van der Waals surface area contributed by atoms with Crippen LogP contribution in [0.25, 0.3) is 0 Å². The van der Waals surface area contributed by atoms with Gasteiger partial charge in [-0.1, -0.05) is 41.4 Å². The number of benzene rings is 1. The van der Waals surface area contributed by atoms with E-state index in [-0.39, 0.29) is 18.0 Å². The van der Waals surface area contributed by atoms with Crippen LogP contribution in [0.5, 0.6) is 0 Å². The Morgan fingerprint density at radius 3 is 2.30 bits per heavy atom. The molecule has 1 N–H and O–H groups in total. The monoisotopic (exact) mass is 405 g/mol. The van der Waals surface area contributed by atoms with Crippen LogP contribution in [0.2, 0.25) is 4.34 Å². The van der Waals surface area contributed by atoms with Crippen molar-refractivity contribution in [1.29, 1.82) is 0 Å². The lowest BCUT2D eigenvalue weighted by Gasteiger charge is -2.35. The maximum atomic E-state index is 12.5. The van der Waals surface area contributed by atoms with Crippen molar-refractivity contribution in [2.75, 3.05) is 26.2 Å². The first-order valence-corrected chi connectivity index (χ1v) is 10.3. The van der Waals surface area contributed by atoms with Crippen molar-refractivity contribution < 1.29 is 9.59 Å². The number of aryl methyl sites for hydroxylation is 1. The second-order valence-corrected chi connectivity index (χ2v) is 8.59. The van der Waals surface area contributed by atoms with E-state index in [4.69, 9.17) is 11.6 Å². The topological polar surface area (TPSA) is 52.7 Å². The summed E-state index contributed by atoms with van der Waals surface area (Å²) in [5.41, 5.74) is 2.21. The third-order valence-electron chi connectivity index (χ3n) is 4.76. The van der Waals surface area contributed by atoms with Crippen LogP contribution in [-0.4, -0.2) is 47.9 Å². The van der Waals surface area contributed by atoms with Gasteiger partial charge in [-0.25, -0.2) is 4.79 Å². The molecule has 2 aromatic rings. The molecule has 1 aliphatic rings. The van der Waals surface area contributed by atoms with E-state index in [0.717, 1.165) is 10.4 Å². The number of piperazine rings is 1. The molecule has 1 unspecified atom stereocenters. The normalized spacial score (nSPS) is 15.5. The number of carbonyl (C=O) groups is 2. The van der Waals surface area contributed by atoms with E-state index in [1.807, 2.05) is 55.1 Å². The number of carbonyl (C=O) groups excluding carboxylic acids is 2. The number of nitrogens with one attached hydrogen (secondary N) is 1. The SMILES string of the molecule is Cc1ccc(CC(=O)N2CCN(C(=O)NC(C)c3ccc(Cl)s3)CC2)cc1. The fraction of sp³-hybridized carbons (Fsp3) is 0.400. The highest BCUT2D eigenvalue weighted by Gasteiger charge is 2.25. The molecule has 1 aromatic heterocycles. The fourth-order valence-electron chi connectivity index (χ4n) is 3.06. The Bertz CT molecular complexity index is 798. The zero-order valence-electron chi connectivity index (χ0n) is 15.6. The summed E-state index contributed by atoms with van der Waals surface area (Å²) in [6, 6.07) is 11.6. The Hall–Kier alpha value is -2.05. The molecule has 27 heavy (non-hydrogen) atoms. The lowest BCUT2D eigenvalue weighted by atomic mass is 10.1. The molecule has 1 atom stereocenters. The molecule has 1 aliphatic heterocycles. The van der Waals surface area contributed by atoms with Gasteiger partial charge in [-0.2, -0.15) is 0 Å². The average molecular weight is 406 g/mol. The molecule has 1 saturated heterocycles. The number of rotatable bonds is 4. The summed E-state index contributed by atoms with van der Waals surface area (Å²) in [6.07, 6.45) is 0.405. The number of halogens is 1. The summed E-state index contributed by atoms with van der Waals surface area (Å²) < 4.78 is 0.715. The third kappa shape index (κ3) is 5.23. The maximum absolute atomic E-state index is 12.5. The first kappa shape index (κ1) is 19.7. The quantitative estimate of drug-likeness (QED) is 0.839. The number of hydrogen-bond acceptors (Lipinski definition) is 3. The van der Waals surface area contributed by atoms with E-state index in [0.29, 0.717) is 36.9 Å². The molecule has 3 rings (SSSR count). The summed E-state index contributed by atoms with van der Waals surface area (Å²) in [7, 11) is 0. The Morgan fingerprint density at radius 2 is 1.70 bits per heavy atom. The largest absolute Gasteiger partial charge is 0.339 e. The van der Waals surface area contributed by atoms with Crippen LogP contribution in [0, 0.1) is 6.92 Å². The first-order valence-electron chi connectivity index (χ1n) is 9.06. The van der Waals surface area contributed by atoms with Gasteiger partial charge in [0.15, 0.2) is 0 Å². The second-order valence-electron chi connectivity index (χ2n) is 6.84. The highest BCUT2D eigenvalue weighted by Crippen LogP contribution is 2.26. The maximum Gasteiger partial charge on any atom is 0.318 e. The Balaban J connectivity index is 1.47. The van der Waals surface area contributed by atoms with E-state index >= 15 is 0 Å². The van der Waals surface area contributed by atoms with Crippen LogP contribution in [0.1, 0.15) is 29.0 Å². The number of hydrogen-bond donors (Lipinski definition) is 1. The Morgan fingerprint density at radius 1 is 1.07 bits per heavy atom. The zero-order chi connectivity index (χ0) is 19.4. The van der Waals surface area contributed by atoms with Gasteiger partial charge < -0.3 is 15.1 Å². The van der Waals surface area contributed by atoms with Crippen molar-refractivity contribution in [3.8, 4) is 0 Å². The van der Waals surface area contributed by atoms with E-state index < -0.39 is 0 Å². The highest BCUT2D eigenvalue weighted by molar-refractivity contribution is 7.16. The lowest BCUT2D eigenvalue weighted by Crippen LogP contribution is -2.53. The second kappa shape index (κ2) is 8.76. The van der Waals surface area contributed by atoms with Gasteiger partial charge in [0.2, 0.25) is 5.91 Å². The summed E-state index contributed by atoms with van der Waals surface area (Å²) in [4.78, 5) is 29.6. The Kier molecular flexibility index (Phi) is 6.39. The molecule has 1 fully saturated rings. The van der Waals surface area contributed by atoms with Crippen molar-refractivity contribution in [2.24, 2.45) is 0 Å². The minimum atomic E-state index is -0.0994. The predicted octanol–water partition coefficient (Wildman–Crippen LogP) is 3.87. The standard InChI is InChI=1S/C20H24ClN3O2S/c1-14-3-5-16(6-4-14)13-19(25)23-9-11-24(12-10-23)20(26)22-15(2)17-7-8-18(21)27-17/h3-8,15H,9-13H2,1-2H3,(H,22,26). The van der Waals surface area contributed by atoms with Crippen LogP contribution < -0.4 is 5.32 Å². The summed E-state index contributed by atoms with van der Waals surface area (Å²) in [5.74, 6) is 0.112. The van der Waals surface area contributed by atoms with Crippen LogP contribution in [0.15, 0.2) is 36.4 Å². The molecular formula is C20H24ClN3O2S. The van der Waals surface area contributed by atoms with Crippen LogP contribution in [0.4, 0.5) is 4.79 Å². The average Bonchev–Trinajstić information content (AvgIpc) is 3.10. The van der Waals surface area contributed by atoms with E-state index in [1.54, 1.807) is 4.90 Å². The smallest absolute Gasteiger partial charge is 0.318 e. The predicted molar refractivity (Wildman–Crippen MR) is 109 cm³/mol. The van der Waals surface area contributed by atoms with Crippen LogP contribution in [0.3, 0.4) is 0 Å². The van der Waals surface area contributed by atoms with Gasteiger partial charge in [0.1, 0.15) is 0 Å². The van der Waals surface area contributed by atoms with Gasteiger partial charge in [0, 0.05) is 31.1 Å². The van der Waals surface area contributed by atoms with Gasteiger partial charge >= 0.3 is 6.03 Å². The van der Waals surface area contributed by atoms with Crippen molar-refractivity contribution in [2.45, 2.75) is 26.3 Å². The zero-order valence-corrected chi connectivity index (χ0v) is 17.1. The molecule has 0 spiro atoms. The van der Waals surface area contributed by atoms with Gasteiger partial charge in [-0.15, -0.1) is 11.3 Å². The number of amides is 3. The summed E-state index contributed by atoms with van der Waals surface area (Å²) >= 11 is 7.43. The minimum Gasteiger partial charge on any atom is -0.339 e. The lowest BCUT2D eigenvalue weighted by molar-refractivity contribution is -0.131. The van der Waals surface area contributed by atoms with E-state index in [2.05, 4.69) is 5.32 Å². The molecule has 0 bridgehead atoms.